The molecule has 12 heteroatoms. The first-order valence-corrected chi connectivity index (χ1v) is 22.9. The number of aromatic nitrogens is 2. The summed E-state index contributed by atoms with van der Waals surface area (Å²) in [5.74, 6) is -1.72. The monoisotopic (exact) mass is 916 g/mol. The number of halogens is 2. The van der Waals surface area contributed by atoms with Crippen LogP contribution in [0.2, 0.25) is 0 Å². The third-order valence-electron chi connectivity index (χ3n) is 12.3. The molecular weight excluding hydrogens is 863 g/mol. The van der Waals surface area contributed by atoms with Crippen LogP contribution >= 0.6 is 0 Å². The van der Waals surface area contributed by atoms with E-state index >= 15 is 0 Å². The van der Waals surface area contributed by atoms with Gasteiger partial charge >= 0.3 is 0 Å². The first-order chi connectivity index (χ1) is 32.5. The summed E-state index contributed by atoms with van der Waals surface area (Å²) in [5, 5.41) is 5.95. The molecule has 3 aliphatic heterocycles. The Bertz CT molecular complexity index is 2960. The number of pyridine rings is 2. The normalized spacial score (nSPS) is 17.1. The van der Waals surface area contributed by atoms with Gasteiger partial charge in [0.1, 0.15) is 17.4 Å². The van der Waals surface area contributed by atoms with Crippen LogP contribution in [-0.2, 0) is 27.4 Å². The lowest BCUT2D eigenvalue weighted by Gasteiger charge is -2.39. The minimum atomic E-state index is -0.839. The van der Waals surface area contributed by atoms with E-state index in [-0.39, 0.29) is 66.4 Å². The molecule has 1 fully saturated rings. The van der Waals surface area contributed by atoms with Crippen LogP contribution in [0.3, 0.4) is 0 Å². The standard InChI is InChI=1S/C33H35FN2O4.C23H19FN2O2/c1-19(2)30-27(15-14-23-17-24(16-20(3)37)40-33(4,5)39-23)29(21-10-12-22(34)13-11-21)28-18-35-32(38)26-9-7-6-8-25(26)31(28)36-30;1-13(2)21-19(12-27)20(14-7-9-15(24)10-8-14)18-11-25-23(28)17-6-4-3-5-16(17)22(18)26-21/h6-15,19,23-24H,16-18H2,1-5H3,(H,35,38);3-10,12-13H,11H2,1-2H3,(H,25,28)/b15-14+;/t23-,24+;/m1./s1. The molecule has 0 bridgehead atoms. The molecule has 5 heterocycles. The van der Waals surface area contributed by atoms with Crippen LogP contribution in [0.5, 0.6) is 0 Å². The molecule has 68 heavy (non-hydrogen) atoms. The van der Waals surface area contributed by atoms with E-state index in [0.29, 0.717) is 46.5 Å². The van der Waals surface area contributed by atoms with Gasteiger partial charge < -0.3 is 20.1 Å². The molecule has 2 atom stereocenters. The van der Waals surface area contributed by atoms with Crippen LogP contribution in [-0.4, -0.2) is 51.8 Å². The molecule has 2 amide bonds. The van der Waals surface area contributed by atoms with Crippen molar-refractivity contribution < 1.29 is 37.4 Å². The van der Waals surface area contributed by atoms with Gasteiger partial charge in [-0.2, -0.15) is 0 Å². The molecule has 2 N–H and O–H groups in total. The van der Waals surface area contributed by atoms with Crippen molar-refractivity contribution in [2.24, 2.45) is 0 Å². The molecule has 0 aliphatic carbocycles. The number of aldehydes is 1. The summed E-state index contributed by atoms with van der Waals surface area (Å²) in [6.45, 7) is 13.9. The Morgan fingerprint density at radius 3 is 1.57 bits per heavy atom. The number of nitrogens with zero attached hydrogens (tertiary/aromatic N) is 2. The zero-order chi connectivity index (χ0) is 48.4. The molecule has 0 saturated carbocycles. The summed E-state index contributed by atoms with van der Waals surface area (Å²) in [7, 11) is 0. The number of carbonyl (C=O) groups is 4. The Balaban J connectivity index is 0.000000196. The van der Waals surface area contributed by atoms with Crippen molar-refractivity contribution in [3.8, 4) is 44.8 Å². The zero-order valence-corrected chi connectivity index (χ0v) is 39.2. The van der Waals surface area contributed by atoms with Crippen molar-refractivity contribution in [1.82, 2.24) is 20.6 Å². The van der Waals surface area contributed by atoms with Crippen LogP contribution in [0, 0.1) is 11.6 Å². The number of hydrogen-bond acceptors (Lipinski definition) is 8. The molecule has 9 rings (SSSR count). The van der Waals surface area contributed by atoms with Gasteiger partial charge in [0, 0.05) is 76.0 Å². The van der Waals surface area contributed by atoms with E-state index in [4.69, 9.17) is 19.4 Å². The van der Waals surface area contributed by atoms with Gasteiger partial charge in [0.05, 0.1) is 35.0 Å². The van der Waals surface area contributed by atoms with E-state index in [1.807, 2.05) is 82.3 Å². The summed E-state index contributed by atoms with van der Waals surface area (Å²) in [5.41, 5.74) is 11.7. The zero-order valence-electron chi connectivity index (χ0n) is 39.2. The molecule has 0 radical (unpaired) electrons. The topological polar surface area (TPSA) is 137 Å². The SMILES string of the molecule is CC(=O)C[C@H]1C[C@@H](/C=C/c2c(C(C)C)nc3c(c2-c2ccc(F)cc2)CNC(=O)c2ccccc2-3)OC(C)(C)O1.CC(C)c1nc2c(c(-c3ccc(F)cc3)c1C=O)CNC(=O)c1ccccc1-2. The number of rotatable bonds is 9. The van der Waals surface area contributed by atoms with Crippen LogP contribution in [0.25, 0.3) is 50.8 Å². The van der Waals surface area contributed by atoms with E-state index in [1.165, 1.54) is 24.3 Å². The van der Waals surface area contributed by atoms with Gasteiger partial charge in [-0.05, 0) is 85.7 Å². The maximum atomic E-state index is 14.0. The molecule has 1 saturated heterocycles. The summed E-state index contributed by atoms with van der Waals surface area (Å²) in [6.07, 6.45) is 5.18. The van der Waals surface area contributed by atoms with Gasteiger partial charge in [-0.15, -0.1) is 0 Å². The first kappa shape index (κ1) is 47.5. The van der Waals surface area contributed by atoms with Gasteiger partial charge in [-0.1, -0.05) is 101 Å². The Labute approximate surface area is 395 Å². The maximum Gasteiger partial charge on any atom is 0.252 e. The van der Waals surface area contributed by atoms with Crippen molar-refractivity contribution in [3.05, 3.63) is 160 Å². The Morgan fingerprint density at radius 1 is 0.691 bits per heavy atom. The number of benzene rings is 4. The van der Waals surface area contributed by atoms with Gasteiger partial charge in [0.25, 0.3) is 11.8 Å². The molecular formula is C56H54F2N4O6. The molecule has 0 unspecified atom stereocenters. The summed E-state index contributed by atoms with van der Waals surface area (Å²) < 4.78 is 39.7. The minimum Gasteiger partial charge on any atom is -0.348 e. The number of carbonyl (C=O) groups excluding carboxylic acids is 4. The second-order valence-electron chi connectivity index (χ2n) is 18.4. The molecule has 0 spiro atoms. The summed E-state index contributed by atoms with van der Waals surface area (Å²) >= 11 is 0. The second kappa shape index (κ2) is 19.7. The van der Waals surface area contributed by atoms with Gasteiger partial charge in [0.2, 0.25) is 0 Å². The number of nitrogens with one attached hydrogen (secondary N) is 2. The Kier molecular flexibility index (Phi) is 13.7. The molecule has 4 aromatic carbocycles. The Morgan fingerprint density at radius 2 is 1.13 bits per heavy atom. The maximum absolute atomic E-state index is 14.0. The molecule has 348 valence electrons. The van der Waals surface area contributed by atoms with Crippen molar-refractivity contribution in [2.45, 2.75) is 104 Å². The lowest BCUT2D eigenvalue weighted by molar-refractivity contribution is -0.289. The van der Waals surface area contributed by atoms with Crippen molar-refractivity contribution in [3.63, 3.8) is 0 Å². The number of fused-ring (bicyclic) bond motifs is 6. The number of Topliss-reactive ketones (excluding diaryl/α,β-unsaturated/α-hetero) is 1. The fourth-order valence-corrected chi connectivity index (χ4v) is 9.38. The number of amides is 2. The van der Waals surface area contributed by atoms with Crippen molar-refractivity contribution in [2.75, 3.05) is 0 Å². The highest BCUT2D eigenvalue weighted by Crippen LogP contribution is 2.42. The highest BCUT2D eigenvalue weighted by molar-refractivity contribution is 6.04. The molecule has 3 aliphatic rings. The minimum absolute atomic E-state index is 0.00349. The largest absolute Gasteiger partial charge is 0.348 e. The van der Waals surface area contributed by atoms with Gasteiger partial charge in [-0.25, -0.2) is 8.78 Å². The Hall–Kier alpha value is -7.02. The quantitative estimate of drug-likeness (QED) is 0.137. The van der Waals surface area contributed by atoms with E-state index in [1.54, 1.807) is 37.3 Å². The fraction of sp³-hybridized carbons (Fsp3) is 0.286. The van der Waals surface area contributed by atoms with E-state index in [2.05, 4.69) is 24.5 Å². The summed E-state index contributed by atoms with van der Waals surface area (Å²) in [4.78, 5) is 59.5. The smallest absolute Gasteiger partial charge is 0.252 e. The lowest BCUT2D eigenvalue weighted by atomic mass is 9.87. The highest BCUT2D eigenvalue weighted by Gasteiger charge is 2.36. The average Bonchev–Trinajstić information content (AvgIpc) is 3.54. The van der Waals surface area contributed by atoms with E-state index in [0.717, 1.165) is 62.2 Å². The van der Waals surface area contributed by atoms with E-state index < -0.39 is 5.79 Å². The van der Waals surface area contributed by atoms with Crippen LogP contribution < -0.4 is 10.6 Å². The predicted octanol–water partition coefficient (Wildman–Crippen LogP) is 11.6. The van der Waals surface area contributed by atoms with Crippen LogP contribution in [0.15, 0.2) is 103 Å². The predicted molar refractivity (Wildman–Crippen MR) is 259 cm³/mol. The van der Waals surface area contributed by atoms with Crippen LogP contribution in [0.4, 0.5) is 8.78 Å². The number of hydrogen-bond donors (Lipinski definition) is 2. The van der Waals surface area contributed by atoms with Gasteiger partial charge in [-0.3, -0.25) is 29.1 Å². The molecule has 10 nitrogen and oxygen atoms in total. The first-order valence-electron chi connectivity index (χ1n) is 22.9. The molecule has 6 aromatic rings. The van der Waals surface area contributed by atoms with Gasteiger partial charge in [0.15, 0.2) is 12.1 Å². The second-order valence-corrected chi connectivity index (χ2v) is 18.4. The highest BCUT2D eigenvalue weighted by atomic mass is 19.1. The van der Waals surface area contributed by atoms with Crippen molar-refractivity contribution in [1.29, 1.82) is 0 Å². The van der Waals surface area contributed by atoms with Crippen molar-refractivity contribution >= 4 is 30.0 Å². The van der Waals surface area contributed by atoms with E-state index in [9.17, 15) is 28.0 Å². The van der Waals surface area contributed by atoms with Crippen LogP contribution in [0.1, 0.15) is 132 Å². The fourth-order valence-electron chi connectivity index (χ4n) is 9.38. The lowest BCUT2D eigenvalue weighted by Crippen LogP contribution is -2.44. The average molecular weight is 917 g/mol. The number of ketones is 1. The third-order valence-corrected chi connectivity index (χ3v) is 12.3. The number of ether oxygens (including phenoxy) is 2. The third kappa shape index (κ3) is 9.84. The summed E-state index contributed by atoms with van der Waals surface area (Å²) in [6, 6.07) is 27.3. The molecule has 2 aromatic heterocycles.